The Morgan fingerprint density at radius 2 is 2.15 bits per heavy atom. The number of aryl methyl sites for hydroxylation is 1. The number of halogens is 1. The molecule has 5 nitrogen and oxygen atoms in total. The number of rotatable bonds is 4. The summed E-state index contributed by atoms with van der Waals surface area (Å²) in [6.45, 7) is 3.63. The van der Waals surface area contributed by atoms with Crippen LogP contribution >= 0.6 is 11.3 Å². The molecule has 0 radical (unpaired) electrons. The van der Waals surface area contributed by atoms with Crippen molar-refractivity contribution in [3.05, 3.63) is 47.4 Å². The fourth-order valence-electron chi connectivity index (χ4n) is 3.48. The Hall–Kier alpha value is -2.54. The molecule has 0 spiro atoms. The topological polar surface area (TPSA) is 58.1 Å². The molecule has 1 amide bonds. The van der Waals surface area contributed by atoms with E-state index in [2.05, 4.69) is 33.2 Å². The van der Waals surface area contributed by atoms with Crippen LogP contribution < -0.4 is 10.2 Å². The lowest BCUT2D eigenvalue weighted by Gasteiger charge is -2.33. The first kappa shape index (κ1) is 17.9. The van der Waals surface area contributed by atoms with Crippen molar-refractivity contribution >= 4 is 39.0 Å². The SMILES string of the molecule is CCc1cc2c(N3CCC[C@H](C(=O)Nc4ccc(F)cc4)C3)ncnc2s1. The lowest BCUT2D eigenvalue weighted by molar-refractivity contribution is -0.120. The largest absolute Gasteiger partial charge is 0.355 e. The summed E-state index contributed by atoms with van der Waals surface area (Å²) in [5, 5.41) is 3.97. The van der Waals surface area contributed by atoms with E-state index in [4.69, 9.17) is 0 Å². The van der Waals surface area contributed by atoms with Gasteiger partial charge in [-0.25, -0.2) is 14.4 Å². The summed E-state index contributed by atoms with van der Waals surface area (Å²) in [5.41, 5.74) is 0.619. The number of nitrogens with one attached hydrogen (secondary N) is 1. The minimum absolute atomic E-state index is 0.0313. The third-order valence-electron chi connectivity index (χ3n) is 4.91. The van der Waals surface area contributed by atoms with Crippen LogP contribution in [-0.2, 0) is 11.2 Å². The molecule has 140 valence electrons. The normalized spacial score (nSPS) is 17.3. The van der Waals surface area contributed by atoms with Gasteiger partial charge in [0.25, 0.3) is 0 Å². The number of carbonyl (C=O) groups is 1. The number of hydrogen-bond acceptors (Lipinski definition) is 5. The molecule has 3 aromatic rings. The van der Waals surface area contributed by atoms with Crippen molar-refractivity contribution in [2.75, 3.05) is 23.3 Å². The molecule has 1 fully saturated rings. The van der Waals surface area contributed by atoms with Crippen LogP contribution in [0, 0.1) is 11.7 Å². The zero-order valence-electron chi connectivity index (χ0n) is 15.1. The first-order chi connectivity index (χ1) is 13.1. The zero-order chi connectivity index (χ0) is 18.8. The van der Waals surface area contributed by atoms with E-state index in [-0.39, 0.29) is 17.6 Å². The summed E-state index contributed by atoms with van der Waals surface area (Å²) in [5.74, 6) is 0.441. The Morgan fingerprint density at radius 1 is 1.33 bits per heavy atom. The molecule has 1 N–H and O–H groups in total. The number of nitrogens with zero attached hydrogens (tertiary/aromatic N) is 3. The van der Waals surface area contributed by atoms with Crippen molar-refractivity contribution in [3.63, 3.8) is 0 Å². The van der Waals surface area contributed by atoms with E-state index in [9.17, 15) is 9.18 Å². The summed E-state index contributed by atoms with van der Waals surface area (Å²) in [7, 11) is 0. The van der Waals surface area contributed by atoms with E-state index in [1.54, 1.807) is 29.8 Å². The molecule has 4 rings (SSSR count). The number of amides is 1. The van der Waals surface area contributed by atoms with Gasteiger partial charge in [0, 0.05) is 23.7 Å². The summed E-state index contributed by atoms with van der Waals surface area (Å²) < 4.78 is 13.0. The molecule has 1 aromatic carbocycles. The van der Waals surface area contributed by atoms with Crippen molar-refractivity contribution in [1.29, 1.82) is 0 Å². The molecule has 0 aliphatic carbocycles. The first-order valence-corrected chi connectivity index (χ1v) is 10.0. The fraction of sp³-hybridized carbons (Fsp3) is 0.350. The van der Waals surface area contributed by atoms with Crippen LogP contribution in [0.5, 0.6) is 0 Å². The van der Waals surface area contributed by atoms with Gasteiger partial charge < -0.3 is 10.2 Å². The van der Waals surface area contributed by atoms with Gasteiger partial charge in [0.15, 0.2) is 0 Å². The van der Waals surface area contributed by atoms with Gasteiger partial charge in [-0.1, -0.05) is 6.92 Å². The number of hydrogen-bond donors (Lipinski definition) is 1. The fourth-order valence-corrected chi connectivity index (χ4v) is 4.41. The van der Waals surface area contributed by atoms with E-state index in [0.717, 1.165) is 41.8 Å². The average Bonchev–Trinajstić information content (AvgIpc) is 3.13. The second-order valence-electron chi connectivity index (χ2n) is 6.76. The van der Waals surface area contributed by atoms with Gasteiger partial charge in [-0.2, -0.15) is 0 Å². The van der Waals surface area contributed by atoms with E-state index < -0.39 is 0 Å². The van der Waals surface area contributed by atoms with Crippen LogP contribution in [0.4, 0.5) is 15.9 Å². The van der Waals surface area contributed by atoms with E-state index in [1.807, 2.05) is 0 Å². The lowest BCUT2D eigenvalue weighted by Crippen LogP contribution is -2.41. The maximum atomic E-state index is 13.0. The number of anilines is 2. The van der Waals surface area contributed by atoms with Crippen molar-refractivity contribution in [1.82, 2.24) is 9.97 Å². The molecular formula is C20H21FN4OS. The molecule has 27 heavy (non-hydrogen) atoms. The highest BCUT2D eigenvalue weighted by atomic mass is 32.1. The third-order valence-corrected chi connectivity index (χ3v) is 6.10. The smallest absolute Gasteiger partial charge is 0.229 e. The van der Waals surface area contributed by atoms with Gasteiger partial charge in [-0.3, -0.25) is 4.79 Å². The maximum absolute atomic E-state index is 13.0. The second-order valence-corrected chi connectivity index (χ2v) is 7.88. The van der Waals surface area contributed by atoms with Crippen LogP contribution in [0.15, 0.2) is 36.7 Å². The number of piperidine rings is 1. The second kappa shape index (κ2) is 7.60. The Labute approximate surface area is 161 Å². The Balaban J connectivity index is 1.52. The van der Waals surface area contributed by atoms with Gasteiger partial charge in [0.05, 0.1) is 11.3 Å². The Morgan fingerprint density at radius 3 is 2.93 bits per heavy atom. The summed E-state index contributed by atoms with van der Waals surface area (Å²) in [6, 6.07) is 8.03. The van der Waals surface area contributed by atoms with E-state index in [1.165, 1.54) is 17.0 Å². The lowest BCUT2D eigenvalue weighted by atomic mass is 9.97. The predicted molar refractivity (Wildman–Crippen MR) is 107 cm³/mol. The minimum atomic E-state index is -0.313. The molecule has 1 aliphatic heterocycles. The van der Waals surface area contributed by atoms with Crippen molar-refractivity contribution in [2.45, 2.75) is 26.2 Å². The third kappa shape index (κ3) is 3.78. The molecular weight excluding hydrogens is 363 g/mol. The van der Waals surface area contributed by atoms with Crippen molar-refractivity contribution < 1.29 is 9.18 Å². The number of carbonyl (C=O) groups excluding carboxylic acids is 1. The number of fused-ring (bicyclic) bond motifs is 1. The average molecular weight is 384 g/mol. The molecule has 0 saturated carbocycles. The van der Waals surface area contributed by atoms with Crippen LogP contribution in [-0.4, -0.2) is 29.0 Å². The number of aromatic nitrogens is 2. The van der Waals surface area contributed by atoms with Gasteiger partial charge in [0.2, 0.25) is 5.91 Å². The maximum Gasteiger partial charge on any atom is 0.229 e. The van der Waals surface area contributed by atoms with Crippen molar-refractivity contribution in [2.24, 2.45) is 5.92 Å². The van der Waals surface area contributed by atoms with Crippen LogP contribution in [0.2, 0.25) is 0 Å². The highest BCUT2D eigenvalue weighted by Crippen LogP contribution is 2.32. The van der Waals surface area contributed by atoms with Gasteiger partial charge in [-0.15, -0.1) is 11.3 Å². The first-order valence-electron chi connectivity index (χ1n) is 9.19. The molecule has 0 unspecified atom stereocenters. The quantitative estimate of drug-likeness (QED) is 0.731. The van der Waals surface area contributed by atoms with Gasteiger partial charge >= 0.3 is 0 Å². The molecule has 1 saturated heterocycles. The van der Waals surface area contributed by atoms with Gasteiger partial charge in [-0.05, 0) is 49.6 Å². The highest BCUT2D eigenvalue weighted by Gasteiger charge is 2.28. The summed E-state index contributed by atoms with van der Waals surface area (Å²) in [6.07, 6.45) is 4.35. The van der Waals surface area contributed by atoms with E-state index in [0.29, 0.717) is 12.2 Å². The zero-order valence-corrected chi connectivity index (χ0v) is 15.9. The van der Waals surface area contributed by atoms with Crippen LogP contribution in [0.25, 0.3) is 10.2 Å². The van der Waals surface area contributed by atoms with E-state index >= 15 is 0 Å². The Kier molecular flexibility index (Phi) is 5.03. The monoisotopic (exact) mass is 384 g/mol. The molecule has 7 heteroatoms. The van der Waals surface area contributed by atoms with Crippen LogP contribution in [0.1, 0.15) is 24.6 Å². The summed E-state index contributed by atoms with van der Waals surface area (Å²) in [4.78, 5) is 26.1. The highest BCUT2D eigenvalue weighted by molar-refractivity contribution is 7.18. The molecule has 1 atom stereocenters. The standard InChI is InChI=1S/C20H21FN4OS/c1-2-16-10-17-18(22-12-23-20(17)27-16)25-9-3-4-13(11-25)19(26)24-15-7-5-14(21)6-8-15/h5-8,10,12-13H,2-4,9,11H2,1H3,(H,24,26)/t13-/m0/s1. The Bertz CT molecular complexity index is 956. The predicted octanol–water partition coefficient (Wildman–Crippen LogP) is 4.25. The minimum Gasteiger partial charge on any atom is -0.355 e. The number of benzene rings is 1. The molecule has 0 bridgehead atoms. The molecule has 2 aromatic heterocycles. The van der Waals surface area contributed by atoms with Crippen LogP contribution in [0.3, 0.4) is 0 Å². The molecule has 3 heterocycles. The van der Waals surface area contributed by atoms with Crippen molar-refractivity contribution in [3.8, 4) is 0 Å². The van der Waals surface area contributed by atoms with Gasteiger partial charge in [0.1, 0.15) is 22.8 Å². The number of thiophene rings is 1. The molecule has 1 aliphatic rings. The summed E-state index contributed by atoms with van der Waals surface area (Å²) >= 11 is 1.70.